The van der Waals surface area contributed by atoms with Crippen molar-refractivity contribution in [1.82, 2.24) is 35.6 Å². The molecule has 2 aromatic carbocycles. The summed E-state index contributed by atoms with van der Waals surface area (Å²) in [6.07, 6.45) is 1.48. The largest absolute Gasteiger partial charge is 0.493 e. The van der Waals surface area contributed by atoms with E-state index in [0.29, 0.717) is 62.2 Å². The molecule has 5 rings (SSSR count). The highest BCUT2D eigenvalue weighted by Crippen LogP contribution is 2.31. The summed E-state index contributed by atoms with van der Waals surface area (Å²) >= 11 is 0. The number of hydrogen-bond acceptors (Lipinski definition) is 12. The molecule has 0 saturated carbocycles. The van der Waals surface area contributed by atoms with Crippen LogP contribution >= 0.6 is 0 Å². The minimum Gasteiger partial charge on any atom is -0.493 e. The van der Waals surface area contributed by atoms with Gasteiger partial charge in [0.2, 0.25) is 11.6 Å². The number of para-hydroxylation sites is 1. The van der Waals surface area contributed by atoms with E-state index in [-0.39, 0.29) is 17.3 Å². The van der Waals surface area contributed by atoms with Crippen LogP contribution in [0.25, 0.3) is 5.82 Å². The number of morpholine rings is 1. The second kappa shape index (κ2) is 12.1. The summed E-state index contributed by atoms with van der Waals surface area (Å²) in [5.74, 6) is 0.634. The van der Waals surface area contributed by atoms with Crippen molar-refractivity contribution in [2.24, 2.45) is 5.10 Å². The Balaban J connectivity index is 1.35. The van der Waals surface area contributed by atoms with Crippen molar-refractivity contribution in [1.29, 1.82) is 0 Å². The molecule has 0 atom stereocenters. The van der Waals surface area contributed by atoms with Gasteiger partial charge < -0.3 is 19.9 Å². The molecule has 3 N–H and O–H groups in total. The van der Waals surface area contributed by atoms with E-state index >= 15 is 0 Å². The Kier molecular flexibility index (Phi) is 8.04. The number of hydrazone groups is 1. The standard InChI is InChI=1S/C25H27N9O5/c1-36-20-9-5-8-18(22(20)38-16-17-6-3-2-4-7-17)14-27-29-25(35)21-19(15-33-10-12-37-13-11-33)34(32-28-21)24-23(26)30-39-31-24/h2-9,14H,10-13,15-16H2,1H3,(H2,26,30)(H,29,35). The molecule has 4 aromatic rings. The third-order valence-electron chi connectivity index (χ3n) is 5.98. The van der Waals surface area contributed by atoms with Crippen molar-refractivity contribution in [3.8, 4) is 17.3 Å². The molecule has 39 heavy (non-hydrogen) atoms. The van der Waals surface area contributed by atoms with Gasteiger partial charge in [0.25, 0.3) is 5.91 Å². The summed E-state index contributed by atoms with van der Waals surface area (Å²) in [7, 11) is 1.56. The van der Waals surface area contributed by atoms with Crippen molar-refractivity contribution in [3.63, 3.8) is 0 Å². The Morgan fingerprint density at radius 3 is 2.72 bits per heavy atom. The van der Waals surface area contributed by atoms with Crippen LogP contribution in [0.5, 0.6) is 11.5 Å². The molecule has 1 aliphatic heterocycles. The van der Waals surface area contributed by atoms with Crippen LogP contribution in [0, 0.1) is 0 Å². The second-order valence-electron chi connectivity index (χ2n) is 8.51. The number of benzene rings is 2. The Morgan fingerprint density at radius 1 is 1.15 bits per heavy atom. The van der Waals surface area contributed by atoms with Crippen molar-refractivity contribution in [3.05, 3.63) is 71.0 Å². The summed E-state index contributed by atoms with van der Waals surface area (Å²) in [6, 6.07) is 15.2. The SMILES string of the molecule is COc1cccc(C=NNC(=O)c2nnn(-c3nonc3N)c2CN2CCOCC2)c1OCc1ccccc1. The smallest absolute Gasteiger partial charge is 0.293 e. The van der Waals surface area contributed by atoms with Gasteiger partial charge >= 0.3 is 0 Å². The first-order valence-electron chi connectivity index (χ1n) is 12.1. The maximum absolute atomic E-state index is 13.2. The first-order valence-corrected chi connectivity index (χ1v) is 12.1. The monoisotopic (exact) mass is 533 g/mol. The van der Waals surface area contributed by atoms with Crippen molar-refractivity contribution in [2.45, 2.75) is 13.2 Å². The molecule has 0 unspecified atom stereocenters. The van der Waals surface area contributed by atoms with Crippen LogP contribution in [0.15, 0.2) is 58.3 Å². The zero-order chi connectivity index (χ0) is 27.0. The Labute approximate surface area is 223 Å². The van der Waals surface area contributed by atoms with E-state index in [2.05, 4.69) is 36.1 Å². The number of nitrogens with two attached hydrogens (primary N) is 1. The highest BCUT2D eigenvalue weighted by atomic mass is 16.6. The van der Waals surface area contributed by atoms with Gasteiger partial charge in [-0.05, 0) is 28.0 Å². The van der Waals surface area contributed by atoms with Gasteiger partial charge in [0.1, 0.15) is 6.61 Å². The number of methoxy groups -OCH3 is 1. The van der Waals surface area contributed by atoms with E-state index in [1.165, 1.54) is 10.9 Å². The number of nitrogens with zero attached hydrogens (tertiary/aromatic N) is 7. The lowest BCUT2D eigenvalue weighted by Crippen LogP contribution is -2.37. The van der Waals surface area contributed by atoms with E-state index < -0.39 is 5.91 Å². The number of nitrogen functional groups attached to an aromatic ring is 1. The zero-order valence-electron chi connectivity index (χ0n) is 21.2. The number of rotatable bonds is 10. The van der Waals surface area contributed by atoms with Crippen LogP contribution in [0.1, 0.15) is 27.3 Å². The quantitative estimate of drug-likeness (QED) is 0.223. The van der Waals surface area contributed by atoms with Crippen LogP contribution in [0.4, 0.5) is 5.82 Å². The lowest BCUT2D eigenvalue weighted by atomic mass is 10.2. The van der Waals surface area contributed by atoms with Gasteiger partial charge in [0, 0.05) is 25.2 Å². The fourth-order valence-electron chi connectivity index (χ4n) is 3.99. The fourth-order valence-corrected chi connectivity index (χ4v) is 3.99. The molecule has 2 aromatic heterocycles. The normalized spacial score (nSPS) is 14.0. The predicted octanol–water partition coefficient (Wildman–Crippen LogP) is 1.42. The minimum atomic E-state index is -0.564. The van der Waals surface area contributed by atoms with Crippen LogP contribution in [-0.2, 0) is 17.9 Å². The number of nitrogens with one attached hydrogen (secondary N) is 1. The van der Waals surface area contributed by atoms with Gasteiger partial charge in [-0.25, -0.2) is 10.1 Å². The van der Waals surface area contributed by atoms with Gasteiger partial charge in [-0.3, -0.25) is 9.69 Å². The Hall–Kier alpha value is -4.82. The van der Waals surface area contributed by atoms with Gasteiger partial charge in [-0.1, -0.05) is 41.6 Å². The fraction of sp³-hybridized carbons (Fsp3) is 0.280. The predicted molar refractivity (Wildman–Crippen MR) is 139 cm³/mol. The second-order valence-corrected chi connectivity index (χ2v) is 8.51. The zero-order valence-corrected chi connectivity index (χ0v) is 21.2. The van der Waals surface area contributed by atoms with Crippen LogP contribution in [0.2, 0.25) is 0 Å². The molecule has 0 aliphatic carbocycles. The van der Waals surface area contributed by atoms with Crippen LogP contribution < -0.4 is 20.6 Å². The van der Waals surface area contributed by atoms with E-state index in [0.717, 1.165) is 5.56 Å². The number of carbonyl (C=O) groups excluding carboxylic acids is 1. The Bertz CT molecular complexity index is 1430. The van der Waals surface area contributed by atoms with Crippen molar-refractivity contribution >= 4 is 17.9 Å². The highest BCUT2D eigenvalue weighted by Gasteiger charge is 2.26. The summed E-state index contributed by atoms with van der Waals surface area (Å²) < 4.78 is 23.0. The Morgan fingerprint density at radius 2 is 1.97 bits per heavy atom. The number of amides is 1. The highest BCUT2D eigenvalue weighted by molar-refractivity contribution is 5.94. The summed E-state index contributed by atoms with van der Waals surface area (Å²) in [6.45, 7) is 3.20. The van der Waals surface area contributed by atoms with Gasteiger partial charge in [-0.2, -0.15) is 9.78 Å². The first kappa shape index (κ1) is 25.8. The number of ether oxygens (including phenoxy) is 3. The third kappa shape index (κ3) is 6.02. The molecular weight excluding hydrogens is 506 g/mol. The minimum absolute atomic E-state index is 0.0224. The molecule has 0 spiro atoms. The molecular formula is C25H27N9O5. The summed E-state index contributed by atoms with van der Waals surface area (Å²) in [5, 5.41) is 19.7. The van der Waals surface area contributed by atoms with Gasteiger partial charge in [-0.15, -0.1) is 5.10 Å². The van der Waals surface area contributed by atoms with Crippen LogP contribution in [0.3, 0.4) is 0 Å². The number of aromatic nitrogens is 5. The molecule has 14 nitrogen and oxygen atoms in total. The van der Waals surface area contributed by atoms with Crippen molar-refractivity contribution in [2.75, 3.05) is 39.1 Å². The molecule has 0 radical (unpaired) electrons. The third-order valence-corrected chi connectivity index (χ3v) is 5.98. The average Bonchev–Trinajstić information content (AvgIpc) is 3.58. The van der Waals surface area contributed by atoms with Crippen LogP contribution in [-0.4, -0.2) is 75.7 Å². The van der Waals surface area contributed by atoms with Gasteiger partial charge in [0.05, 0.1) is 32.2 Å². The molecule has 1 fully saturated rings. The molecule has 1 aliphatic rings. The molecule has 1 amide bonds. The lowest BCUT2D eigenvalue weighted by molar-refractivity contribution is 0.0332. The van der Waals surface area contributed by atoms with E-state index in [4.69, 9.17) is 24.6 Å². The first-order chi connectivity index (χ1) is 19.1. The number of hydrogen-bond donors (Lipinski definition) is 2. The van der Waals surface area contributed by atoms with E-state index in [9.17, 15) is 4.79 Å². The molecule has 14 heteroatoms. The maximum Gasteiger partial charge on any atom is 0.293 e. The molecule has 202 valence electrons. The molecule has 3 heterocycles. The summed E-state index contributed by atoms with van der Waals surface area (Å²) in [4.78, 5) is 15.3. The van der Waals surface area contributed by atoms with E-state index in [1.54, 1.807) is 25.3 Å². The van der Waals surface area contributed by atoms with Gasteiger partial charge in [0.15, 0.2) is 17.2 Å². The lowest BCUT2D eigenvalue weighted by Gasteiger charge is -2.26. The maximum atomic E-state index is 13.2. The topological polar surface area (TPSA) is 168 Å². The average molecular weight is 534 g/mol. The number of carbonyl (C=O) groups is 1. The summed E-state index contributed by atoms with van der Waals surface area (Å²) in [5.41, 5.74) is 10.5. The van der Waals surface area contributed by atoms with E-state index in [1.807, 2.05) is 30.3 Å². The molecule has 0 bridgehead atoms. The number of anilines is 1. The molecule has 1 saturated heterocycles. The van der Waals surface area contributed by atoms with Crippen molar-refractivity contribution < 1.29 is 23.6 Å².